The first-order chi connectivity index (χ1) is 16.2. The van der Waals surface area contributed by atoms with Gasteiger partial charge in [0.15, 0.2) is 5.13 Å². The van der Waals surface area contributed by atoms with E-state index in [1.165, 1.54) is 11.1 Å². The number of aromatic nitrogens is 1. The van der Waals surface area contributed by atoms with Crippen molar-refractivity contribution >= 4 is 26.5 Å². The predicted molar refractivity (Wildman–Crippen MR) is 142 cm³/mol. The van der Waals surface area contributed by atoms with Gasteiger partial charge in [0.05, 0.1) is 10.6 Å². The number of sulfonamides is 1. The van der Waals surface area contributed by atoms with Crippen molar-refractivity contribution in [3.05, 3.63) is 74.8 Å². The molecule has 0 saturated carbocycles. The second kappa shape index (κ2) is 10.2. The molecular weight excluding hydrogens is 462 g/mol. The molecule has 0 amide bonds. The Morgan fingerprint density at radius 3 is 2.09 bits per heavy atom. The molecule has 1 fully saturated rings. The van der Waals surface area contributed by atoms with Gasteiger partial charge in [0.25, 0.3) is 0 Å². The topological polar surface area (TPSA) is 53.5 Å². The summed E-state index contributed by atoms with van der Waals surface area (Å²) in [4.78, 5) is 7.56. The molecule has 1 aromatic heterocycles. The van der Waals surface area contributed by atoms with E-state index in [1.54, 1.807) is 15.6 Å². The van der Waals surface area contributed by atoms with E-state index in [-0.39, 0.29) is 0 Å². The number of aryl methyl sites for hydroxylation is 3. The summed E-state index contributed by atoms with van der Waals surface area (Å²) in [6.07, 6.45) is 3.10. The molecule has 0 aliphatic carbocycles. The van der Waals surface area contributed by atoms with Crippen LogP contribution >= 0.6 is 11.3 Å². The van der Waals surface area contributed by atoms with Crippen molar-refractivity contribution in [2.75, 3.05) is 31.1 Å². The molecular formula is C27H35N3O2S2. The maximum atomic E-state index is 13.5. The van der Waals surface area contributed by atoms with Gasteiger partial charge < -0.3 is 4.90 Å². The molecule has 3 aromatic rings. The zero-order valence-electron chi connectivity index (χ0n) is 20.9. The minimum absolute atomic E-state index is 0.474. The molecule has 7 heteroatoms. The van der Waals surface area contributed by atoms with Crippen LogP contribution < -0.4 is 4.90 Å². The number of anilines is 1. The average molecular weight is 498 g/mol. The minimum atomic E-state index is -3.53. The monoisotopic (exact) mass is 497 g/mol. The average Bonchev–Trinajstić information content (AvgIpc) is 3.28. The molecule has 5 nitrogen and oxygen atoms in total. The van der Waals surface area contributed by atoms with E-state index in [2.05, 4.69) is 47.5 Å². The maximum Gasteiger partial charge on any atom is 0.243 e. The van der Waals surface area contributed by atoms with Crippen molar-refractivity contribution in [1.29, 1.82) is 0 Å². The quantitative estimate of drug-likeness (QED) is 0.437. The van der Waals surface area contributed by atoms with Gasteiger partial charge in [-0.2, -0.15) is 4.31 Å². The van der Waals surface area contributed by atoms with Crippen LogP contribution in [-0.4, -0.2) is 43.9 Å². The van der Waals surface area contributed by atoms with Gasteiger partial charge in [-0.15, -0.1) is 11.3 Å². The highest BCUT2D eigenvalue weighted by Crippen LogP contribution is 2.30. The Morgan fingerprint density at radius 2 is 1.50 bits per heavy atom. The van der Waals surface area contributed by atoms with Gasteiger partial charge in [-0.05, 0) is 67.5 Å². The number of thiazole rings is 1. The van der Waals surface area contributed by atoms with Gasteiger partial charge in [-0.3, -0.25) is 0 Å². The van der Waals surface area contributed by atoms with E-state index in [0.717, 1.165) is 52.3 Å². The first-order valence-electron chi connectivity index (χ1n) is 12.1. The number of benzene rings is 2. The fourth-order valence-corrected chi connectivity index (χ4v) is 7.54. The van der Waals surface area contributed by atoms with Crippen LogP contribution in [0.25, 0.3) is 0 Å². The highest BCUT2D eigenvalue weighted by Gasteiger charge is 2.32. The summed E-state index contributed by atoms with van der Waals surface area (Å²) in [5.74, 6) is 0. The summed E-state index contributed by atoms with van der Waals surface area (Å²) in [5, 5.41) is 3.11. The Balaban J connectivity index is 1.42. The van der Waals surface area contributed by atoms with Gasteiger partial charge in [0.1, 0.15) is 0 Å². The largest absolute Gasteiger partial charge is 0.345 e. The lowest BCUT2D eigenvalue weighted by atomic mass is 10.0. The fraction of sp³-hybridized carbons (Fsp3) is 0.444. The Hall–Kier alpha value is -2.22. The van der Waals surface area contributed by atoms with Gasteiger partial charge >= 0.3 is 0 Å². The molecule has 0 atom stereocenters. The SMILES string of the molecule is CCCc1ccc(Cc2csc(N3CCN(S(=O)(=O)c4c(C)c(C)cc(C)c4C)CC3)n2)cc1. The van der Waals surface area contributed by atoms with Gasteiger partial charge in [0.2, 0.25) is 10.0 Å². The molecule has 0 radical (unpaired) electrons. The molecule has 1 aliphatic heterocycles. The lowest BCUT2D eigenvalue weighted by Crippen LogP contribution is -2.49. The Kier molecular flexibility index (Phi) is 7.45. The lowest BCUT2D eigenvalue weighted by molar-refractivity contribution is 0.384. The first kappa shape index (κ1) is 24.9. The number of nitrogens with zero attached hydrogens (tertiary/aromatic N) is 3. The van der Waals surface area contributed by atoms with Crippen LogP contribution in [0.3, 0.4) is 0 Å². The van der Waals surface area contributed by atoms with E-state index in [9.17, 15) is 8.42 Å². The normalized spacial score (nSPS) is 15.1. The molecule has 34 heavy (non-hydrogen) atoms. The van der Waals surface area contributed by atoms with Crippen molar-refractivity contribution in [3.63, 3.8) is 0 Å². The smallest absolute Gasteiger partial charge is 0.243 e. The van der Waals surface area contributed by atoms with Gasteiger partial charge in [-0.25, -0.2) is 13.4 Å². The second-order valence-electron chi connectivity index (χ2n) is 9.35. The van der Waals surface area contributed by atoms with Crippen LogP contribution in [0.5, 0.6) is 0 Å². The zero-order valence-corrected chi connectivity index (χ0v) is 22.5. The number of hydrogen-bond acceptors (Lipinski definition) is 5. The summed E-state index contributed by atoms with van der Waals surface area (Å²) in [7, 11) is -3.53. The highest BCUT2D eigenvalue weighted by molar-refractivity contribution is 7.89. The summed E-state index contributed by atoms with van der Waals surface area (Å²) in [5.41, 5.74) is 7.48. The van der Waals surface area contributed by atoms with Crippen molar-refractivity contribution in [1.82, 2.24) is 9.29 Å². The molecule has 2 aromatic carbocycles. The number of rotatable bonds is 7. The van der Waals surface area contributed by atoms with Crippen LogP contribution in [0.1, 0.15) is 52.4 Å². The molecule has 0 spiro atoms. The number of hydrogen-bond donors (Lipinski definition) is 0. The third-order valence-corrected chi connectivity index (χ3v) is 10.0. The third-order valence-electron chi connectivity index (χ3n) is 6.89. The number of piperazine rings is 1. The molecule has 182 valence electrons. The van der Waals surface area contributed by atoms with Gasteiger partial charge in [0, 0.05) is 38.0 Å². The van der Waals surface area contributed by atoms with Crippen LogP contribution in [0.4, 0.5) is 5.13 Å². The summed E-state index contributed by atoms with van der Waals surface area (Å²) in [6, 6.07) is 10.9. The van der Waals surface area contributed by atoms with E-state index in [4.69, 9.17) is 4.98 Å². The molecule has 4 rings (SSSR count). The molecule has 2 heterocycles. The Bertz CT molecular complexity index is 1230. The van der Waals surface area contributed by atoms with E-state index in [1.807, 2.05) is 27.7 Å². The fourth-order valence-electron chi connectivity index (χ4n) is 4.66. The molecule has 0 N–H and O–H groups in total. The van der Waals surface area contributed by atoms with Crippen molar-refractivity contribution in [2.45, 2.75) is 58.8 Å². The second-order valence-corrected chi connectivity index (χ2v) is 12.1. The van der Waals surface area contributed by atoms with Crippen molar-refractivity contribution < 1.29 is 8.42 Å². The third kappa shape index (κ3) is 5.07. The Labute approximate surface area is 208 Å². The standard InChI is InChI=1S/C27H35N3O2S2/c1-6-7-23-8-10-24(11-9-23)17-25-18-33-27(28-25)29-12-14-30(15-13-29)34(31,32)26-21(4)19(2)16-20(3)22(26)5/h8-11,16,18H,6-7,12-15,17H2,1-5H3. The molecule has 1 aliphatic rings. The van der Waals surface area contributed by atoms with Crippen molar-refractivity contribution in [3.8, 4) is 0 Å². The van der Waals surface area contributed by atoms with Gasteiger partial charge in [-0.1, -0.05) is 43.7 Å². The molecule has 1 saturated heterocycles. The van der Waals surface area contributed by atoms with E-state index in [0.29, 0.717) is 31.1 Å². The first-order valence-corrected chi connectivity index (χ1v) is 14.4. The van der Waals surface area contributed by atoms with Crippen LogP contribution in [0.15, 0.2) is 40.6 Å². The van der Waals surface area contributed by atoms with Crippen molar-refractivity contribution in [2.24, 2.45) is 0 Å². The lowest BCUT2D eigenvalue weighted by Gasteiger charge is -2.34. The van der Waals surface area contributed by atoms with Crippen LogP contribution in [0.2, 0.25) is 0 Å². The zero-order chi connectivity index (χ0) is 24.5. The maximum absolute atomic E-state index is 13.5. The van der Waals surface area contributed by atoms with Crippen LogP contribution in [0, 0.1) is 27.7 Å². The van der Waals surface area contributed by atoms with E-state index >= 15 is 0 Å². The molecule has 0 unspecified atom stereocenters. The van der Waals surface area contributed by atoms with Crippen LogP contribution in [-0.2, 0) is 22.9 Å². The summed E-state index contributed by atoms with van der Waals surface area (Å²) < 4.78 is 28.7. The Morgan fingerprint density at radius 1 is 0.912 bits per heavy atom. The summed E-state index contributed by atoms with van der Waals surface area (Å²) >= 11 is 1.65. The highest BCUT2D eigenvalue weighted by atomic mass is 32.2. The summed E-state index contributed by atoms with van der Waals surface area (Å²) in [6.45, 7) is 12.3. The van der Waals surface area contributed by atoms with E-state index < -0.39 is 10.0 Å². The molecule has 0 bridgehead atoms. The minimum Gasteiger partial charge on any atom is -0.345 e. The predicted octanol–water partition coefficient (Wildman–Crippen LogP) is 5.43.